The second-order valence-corrected chi connectivity index (χ2v) is 6.75. The lowest BCUT2D eigenvalue weighted by molar-refractivity contribution is 0.297. The molecule has 27 heavy (non-hydrogen) atoms. The number of hydrogen-bond acceptors (Lipinski definition) is 3. The van der Waals surface area contributed by atoms with Crippen LogP contribution in [0, 0.1) is 6.92 Å². The van der Waals surface area contributed by atoms with Crippen LogP contribution < -0.4 is 10.2 Å². The van der Waals surface area contributed by atoms with Gasteiger partial charge in [-0.25, -0.2) is 0 Å². The Hall–Kier alpha value is -3.04. The van der Waals surface area contributed by atoms with E-state index in [1.165, 1.54) is 0 Å². The molecule has 4 rings (SSSR count). The first-order valence-corrected chi connectivity index (χ1v) is 9.00. The van der Waals surface area contributed by atoms with Crippen molar-refractivity contribution >= 4 is 22.6 Å². The summed E-state index contributed by atoms with van der Waals surface area (Å²) >= 11 is 6.07. The van der Waals surface area contributed by atoms with Crippen molar-refractivity contribution in [3.63, 3.8) is 0 Å². The lowest BCUT2D eigenvalue weighted by Crippen LogP contribution is -2.10. The number of hydrogen-bond donors (Lipinski definition) is 0. The summed E-state index contributed by atoms with van der Waals surface area (Å²) in [7, 11) is 0. The zero-order chi connectivity index (χ0) is 18.8. The summed E-state index contributed by atoms with van der Waals surface area (Å²) in [6.07, 6.45) is 0. The Labute approximate surface area is 161 Å². The molecule has 0 aliphatic carbocycles. The summed E-state index contributed by atoms with van der Waals surface area (Å²) < 4.78 is 12.0. The van der Waals surface area contributed by atoms with Gasteiger partial charge in [-0.2, -0.15) is 0 Å². The van der Waals surface area contributed by atoms with Gasteiger partial charge in [-0.15, -0.1) is 0 Å². The van der Waals surface area contributed by atoms with E-state index in [2.05, 4.69) is 0 Å². The third kappa shape index (κ3) is 3.46. The van der Waals surface area contributed by atoms with E-state index in [0.29, 0.717) is 21.8 Å². The van der Waals surface area contributed by atoms with Crippen LogP contribution >= 0.6 is 11.6 Å². The summed E-state index contributed by atoms with van der Waals surface area (Å²) in [5.74, 6) is 0.614. The van der Waals surface area contributed by atoms with Crippen molar-refractivity contribution in [1.29, 1.82) is 0 Å². The molecule has 4 heteroatoms. The van der Waals surface area contributed by atoms with E-state index in [9.17, 15) is 4.79 Å². The van der Waals surface area contributed by atoms with E-state index in [0.717, 1.165) is 16.7 Å². The molecule has 134 valence electrons. The van der Waals surface area contributed by atoms with Gasteiger partial charge in [-0.3, -0.25) is 4.79 Å². The van der Waals surface area contributed by atoms with Crippen LogP contribution in [0.4, 0.5) is 0 Å². The minimum Gasteiger partial charge on any atom is -0.481 e. The first-order chi connectivity index (χ1) is 13.1. The summed E-state index contributed by atoms with van der Waals surface area (Å²) in [6, 6.07) is 22.4. The highest BCUT2D eigenvalue weighted by Crippen LogP contribution is 2.32. The van der Waals surface area contributed by atoms with Crippen LogP contribution in [0.3, 0.4) is 0 Å². The van der Waals surface area contributed by atoms with Crippen LogP contribution in [0.15, 0.2) is 82.0 Å². The molecular formula is C23H17ClO3. The summed E-state index contributed by atoms with van der Waals surface area (Å²) in [6.45, 7) is 2.29. The Bertz CT molecular complexity index is 1160. The molecule has 1 aromatic heterocycles. The van der Waals surface area contributed by atoms with Gasteiger partial charge in [0.1, 0.15) is 12.2 Å². The molecule has 0 unspecified atom stereocenters. The Morgan fingerprint density at radius 2 is 1.70 bits per heavy atom. The molecule has 0 radical (unpaired) electrons. The van der Waals surface area contributed by atoms with Gasteiger partial charge in [-0.05, 0) is 36.2 Å². The largest absolute Gasteiger partial charge is 0.481 e. The van der Waals surface area contributed by atoms with Crippen molar-refractivity contribution in [2.45, 2.75) is 13.5 Å². The molecule has 0 N–H and O–H groups in total. The van der Waals surface area contributed by atoms with Crippen LogP contribution in [0.2, 0.25) is 5.02 Å². The molecule has 0 atom stereocenters. The Morgan fingerprint density at radius 3 is 2.48 bits per heavy atom. The fourth-order valence-electron chi connectivity index (χ4n) is 2.98. The average Bonchev–Trinajstić information content (AvgIpc) is 2.69. The lowest BCUT2D eigenvalue weighted by atomic mass is 10.1. The first kappa shape index (κ1) is 17.4. The molecule has 3 nitrogen and oxygen atoms in total. The monoisotopic (exact) mass is 376 g/mol. The third-order valence-corrected chi connectivity index (χ3v) is 4.72. The number of rotatable bonds is 4. The predicted molar refractivity (Wildman–Crippen MR) is 108 cm³/mol. The minimum absolute atomic E-state index is 0.194. The quantitative estimate of drug-likeness (QED) is 0.438. The highest BCUT2D eigenvalue weighted by atomic mass is 35.5. The molecule has 0 fully saturated rings. The van der Waals surface area contributed by atoms with E-state index in [4.69, 9.17) is 20.8 Å². The maximum absolute atomic E-state index is 13.1. The van der Waals surface area contributed by atoms with Crippen molar-refractivity contribution in [1.82, 2.24) is 0 Å². The average molecular weight is 377 g/mol. The van der Waals surface area contributed by atoms with Gasteiger partial charge in [-0.1, -0.05) is 66.2 Å². The topological polar surface area (TPSA) is 39.4 Å². The van der Waals surface area contributed by atoms with Gasteiger partial charge < -0.3 is 9.15 Å². The van der Waals surface area contributed by atoms with Gasteiger partial charge in [0.15, 0.2) is 5.76 Å². The van der Waals surface area contributed by atoms with Gasteiger partial charge in [0.2, 0.25) is 11.2 Å². The molecule has 0 aliphatic heterocycles. The highest BCUT2D eigenvalue weighted by molar-refractivity contribution is 6.31. The fourth-order valence-corrected chi connectivity index (χ4v) is 3.16. The molecule has 0 aliphatic rings. The summed E-state index contributed by atoms with van der Waals surface area (Å²) in [4.78, 5) is 13.1. The Balaban J connectivity index is 1.87. The Morgan fingerprint density at radius 1 is 0.963 bits per heavy atom. The minimum atomic E-state index is -0.230. The fraction of sp³-hybridized carbons (Fsp3) is 0.0870. The molecule has 0 amide bonds. The van der Waals surface area contributed by atoms with Crippen molar-refractivity contribution in [3.8, 4) is 17.1 Å². The molecule has 0 bridgehead atoms. The Kier molecular flexibility index (Phi) is 4.69. The van der Waals surface area contributed by atoms with Gasteiger partial charge in [0, 0.05) is 10.6 Å². The molecule has 1 heterocycles. The van der Waals surface area contributed by atoms with Crippen molar-refractivity contribution in [3.05, 3.63) is 99.2 Å². The van der Waals surface area contributed by atoms with Gasteiger partial charge in [0.25, 0.3) is 0 Å². The number of fused-ring (bicyclic) bond motifs is 1. The normalized spacial score (nSPS) is 10.9. The second kappa shape index (κ2) is 7.29. The van der Waals surface area contributed by atoms with E-state index in [-0.39, 0.29) is 17.8 Å². The van der Waals surface area contributed by atoms with Crippen LogP contribution in [0.5, 0.6) is 5.75 Å². The smallest absolute Gasteiger partial charge is 0.235 e. The molecule has 0 saturated carbocycles. The third-order valence-electron chi connectivity index (χ3n) is 4.48. The molecule has 0 spiro atoms. The van der Waals surface area contributed by atoms with E-state index in [1.54, 1.807) is 18.2 Å². The van der Waals surface area contributed by atoms with Crippen LogP contribution in [-0.2, 0) is 6.61 Å². The van der Waals surface area contributed by atoms with E-state index in [1.807, 2.05) is 61.5 Å². The number of aryl methyl sites for hydroxylation is 1. The van der Waals surface area contributed by atoms with Crippen molar-refractivity contribution in [2.75, 3.05) is 0 Å². The molecule has 0 saturated heterocycles. The molecule has 4 aromatic rings. The zero-order valence-electron chi connectivity index (χ0n) is 14.7. The molecule has 3 aromatic carbocycles. The van der Waals surface area contributed by atoms with Crippen LogP contribution in [-0.4, -0.2) is 0 Å². The number of halogens is 1. The van der Waals surface area contributed by atoms with E-state index >= 15 is 0 Å². The maximum Gasteiger partial charge on any atom is 0.235 e. The second-order valence-electron chi connectivity index (χ2n) is 6.31. The van der Waals surface area contributed by atoms with Gasteiger partial charge in [0.05, 0.1) is 5.39 Å². The molecular weight excluding hydrogens is 360 g/mol. The zero-order valence-corrected chi connectivity index (χ0v) is 15.5. The van der Waals surface area contributed by atoms with Crippen molar-refractivity contribution < 1.29 is 9.15 Å². The highest BCUT2D eigenvalue weighted by Gasteiger charge is 2.18. The van der Waals surface area contributed by atoms with E-state index < -0.39 is 0 Å². The predicted octanol–water partition coefficient (Wildman–Crippen LogP) is 6.00. The summed E-state index contributed by atoms with van der Waals surface area (Å²) in [5, 5.41) is 0.883. The first-order valence-electron chi connectivity index (χ1n) is 8.62. The lowest BCUT2D eigenvalue weighted by Gasteiger charge is -2.13. The standard InChI is InChI=1S/C23H17ClO3/c1-15-7-5-6-10-17(15)14-26-23-21(25)19-13-18(24)11-12-20(19)27-22(23)16-8-3-2-4-9-16/h2-13H,14H2,1H3. The summed E-state index contributed by atoms with van der Waals surface area (Å²) in [5.41, 5.74) is 3.15. The number of benzene rings is 3. The SMILES string of the molecule is Cc1ccccc1COc1c(-c2ccccc2)oc2ccc(Cl)cc2c1=O. The maximum atomic E-state index is 13.1. The number of ether oxygens (including phenoxy) is 1. The van der Waals surface area contributed by atoms with Crippen LogP contribution in [0.1, 0.15) is 11.1 Å². The van der Waals surface area contributed by atoms with Gasteiger partial charge >= 0.3 is 0 Å². The van der Waals surface area contributed by atoms with Crippen LogP contribution in [0.25, 0.3) is 22.3 Å². The van der Waals surface area contributed by atoms with Crippen molar-refractivity contribution in [2.24, 2.45) is 0 Å².